The molecule has 3 amide bonds. The van der Waals surface area contributed by atoms with Crippen molar-refractivity contribution in [2.75, 3.05) is 18.0 Å². The molecular formula is C14H14FN3O2. The van der Waals surface area contributed by atoms with Crippen LogP contribution in [0.3, 0.4) is 0 Å². The van der Waals surface area contributed by atoms with Crippen LogP contribution in [-0.4, -0.2) is 25.0 Å². The third-order valence-corrected chi connectivity index (χ3v) is 3.45. The predicted octanol–water partition coefficient (Wildman–Crippen LogP) is 1.61. The number of halogens is 1. The highest BCUT2D eigenvalue weighted by atomic mass is 19.1. The number of benzene rings is 1. The van der Waals surface area contributed by atoms with E-state index in [1.807, 2.05) is 4.90 Å². The van der Waals surface area contributed by atoms with Crippen molar-refractivity contribution in [3.63, 3.8) is 0 Å². The molecule has 0 saturated carbocycles. The van der Waals surface area contributed by atoms with Gasteiger partial charge in [0.05, 0.1) is 5.69 Å². The Kier molecular flexibility index (Phi) is 3.14. The summed E-state index contributed by atoms with van der Waals surface area (Å²) in [5, 5.41) is 4.47. The molecule has 3 rings (SSSR count). The van der Waals surface area contributed by atoms with Crippen molar-refractivity contribution in [1.82, 2.24) is 10.6 Å². The van der Waals surface area contributed by atoms with E-state index in [-0.39, 0.29) is 11.5 Å². The van der Waals surface area contributed by atoms with E-state index in [4.69, 9.17) is 0 Å². The van der Waals surface area contributed by atoms with Gasteiger partial charge in [-0.15, -0.1) is 0 Å². The topological polar surface area (TPSA) is 61.4 Å². The Bertz CT molecular complexity index is 606. The summed E-state index contributed by atoms with van der Waals surface area (Å²) in [6, 6.07) is 4.26. The molecule has 0 atom stereocenters. The van der Waals surface area contributed by atoms with E-state index in [9.17, 15) is 14.0 Å². The van der Waals surface area contributed by atoms with E-state index in [0.717, 1.165) is 25.9 Å². The van der Waals surface area contributed by atoms with Gasteiger partial charge in [0, 0.05) is 13.1 Å². The second kappa shape index (κ2) is 4.96. The van der Waals surface area contributed by atoms with Crippen molar-refractivity contribution >= 4 is 23.7 Å². The fraction of sp³-hybridized carbons (Fsp3) is 0.286. The smallest absolute Gasteiger partial charge is 0.326 e. The van der Waals surface area contributed by atoms with Gasteiger partial charge in [0.2, 0.25) is 0 Å². The van der Waals surface area contributed by atoms with Gasteiger partial charge in [0.15, 0.2) is 0 Å². The van der Waals surface area contributed by atoms with Crippen LogP contribution in [0.2, 0.25) is 0 Å². The summed E-state index contributed by atoms with van der Waals surface area (Å²) in [4.78, 5) is 24.4. The molecule has 2 N–H and O–H groups in total. The van der Waals surface area contributed by atoms with E-state index in [0.29, 0.717) is 11.3 Å². The minimum atomic E-state index is -0.560. The van der Waals surface area contributed by atoms with Crippen molar-refractivity contribution in [2.45, 2.75) is 12.8 Å². The molecule has 0 spiro atoms. The monoisotopic (exact) mass is 275 g/mol. The molecule has 104 valence electrons. The van der Waals surface area contributed by atoms with E-state index in [1.165, 1.54) is 12.1 Å². The van der Waals surface area contributed by atoms with Crippen LogP contribution in [0.25, 0.3) is 6.08 Å². The number of nitrogens with zero attached hydrogens (tertiary/aromatic N) is 1. The first kappa shape index (κ1) is 12.7. The zero-order valence-corrected chi connectivity index (χ0v) is 10.8. The second-order valence-corrected chi connectivity index (χ2v) is 4.87. The lowest BCUT2D eigenvalue weighted by molar-refractivity contribution is -0.115. The Balaban J connectivity index is 1.85. The highest BCUT2D eigenvalue weighted by Gasteiger charge is 2.23. The molecule has 5 nitrogen and oxygen atoms in total. The lowest BCUT2D eigenvalue weighted by atomic mass is 10.1. The normalized spacial score (nSPS) is 20.4. The first-order valence-corrected chi connectivity index (χ1v) is 6.52. The van der Waals surface area contributed by atoms with Crippen LogP contribution in [-0.2, 0) is 4.79 Å². The van der Waals surface area contributed by atoms with Gasteiger partial charge in [-0.05, 0) is 36.6 Å². The summed E-state index contributed by atoms with van der Waals surface area (Å²) >= 11 is 0. The molecule has 2 aliphatic heterocycles. The van der Waals surface area contributed by atoms with Crippen LogP contribution in [0, 0.1) is 5.82 Å². The van der Waals surface area contributed by atoms with Crippen LogP contribution in [0.1, 0.15) is 18.4 Å². The molecule has 0 aromatic heterocycles. The van der Waals surface area contributed by atoms with Crippen molar-refractivity contribution < 1.29 is 14.0 Å². The number of hydrogen-bond acceptors (Lipinski definition) is 3. The molecule has 6 heteroatoms. The summed E-state index contributed by atoms with van der Waals surface area (Å²) < 4.78 is 14.1. The van der Waals surface area contributed by atoms with Gasteiger partial charge in [-0.25, -0.2) is 9.18 Å². The third kappa shape index (κ3) is 2.36. The van der Waals surface area contributed by atoms with Crippen LogP contribution < -0.4 is 15.5 Å². The molecule has 20 heavy (non-hydrogen) atoms. The van der Waals surface area contributed by atoms with E-state index in [1.54, 1.807) is 12.1 Å². The first-order chi connectivity index (χ1) is 9.63. The fourth-order valence-corrected chi connectivity index (χ4v) is 2.48. The maximum Gasteiger partial charge on any atom is 0.326 e. The summed E-state index contributed by atoms with van der Waals surface area (Å²) in [5.74, 6) is -0.815. The van der Waals surface area contributed by atoms with E-state index >= 15 is 0 Å². The zero-order valence-electron chi connectivity index (χ0n) is 10.8. The Morgan fingerprint density at radius 1 is 1.15 bits per heavy atom. The van der Waals surface area contributed by atoms with Crippen LogP contribution in [0.15, 0.2) is 23.9 Å². The van der Waals surface area contributed by atoms with E-state index in [2.05, 4.69) is 10.6 Å². The quantitative estimate of drug-likeness (QED) is 0.636. The van der Waals surface area contributed by atoms with Crippen LogP contribution >= 0.6 is 0 Å². The van der Waals surface area contributed by atoms with Crippen molar-refractivity contribution in [3.05, 3.63) is 35.3 Å². The SMILES string of the molecule is O=C1NC(=O)C(=Cc2ccc(N3CCCC3)c(F)c2)N1. The largest absolute Gasteiger partial charge is 0.369 e. The Morgan fingerprint density at radius 2 is 1.90 bits per heavy atom. The van der Waals surface area contributed by atoms with Crippen molar-refractivity contribution in [2.24, 2.45) is 0 Å². The number of imide groups is 1. The van der Waals surface area contributed by atoms with Crippen LogP contribution in [0.4, 0.5) is 14.9 Å². The average molecular weight is 275 g/mol. The van der Waals surface area contributed by atoms with Gasteiger partial charge in [0.1, 0.15) is 11.5 Å². The van der Waals surface area contributed by atoms with Gasteiger partial charge >= 0.3 is 6.03 Å². The highest BCUT2D eigenvalue weighted by molar-refractivity contribution is 6.13. The Labute approximate surface area is 115 Å². The van der Waals surface area contributed by atoms with Gasteiger partial charge in [-0.2, -0.15) is 0 Å². The van der Waals surface area contributed by atoms with Crippen molar-refractivity contribution in [1.29, 1.82) is 0 Å². The van der Waals surface area contributed by atoms with E-state index < -0.39 is 11.9 Å². The molecule has 2 aliphatic rings. The lowest BCUT2D eigenvalue weighted by Gasteiger charge is -2.18. The minimum absolute atomic E-state index is 0.128. The third-order valence-electron chi connectivity index (χ3n) is 3.45. The molecule has 2 fully saturated rings. The molecular weight excluding hydrogens is 261 g/mol. The molecule has 2 heterocycles. The van der Waals surface area contributed by atoms with Crippen LogP contribution in [0.5, 0.6) is 0 Å². The highest BCUT2D eigenvalue weighted by Crippen LogP contribution is 2.25. The van der Waals surface area contributed by atoms with Gasteiger partial charge in [0.25, 0.3) is 5.91 Å². The second-order valence-electron chi connectivity index (χ2n) is 4.87. The molecule has 0 bridgehead atoms. The summed E-state index contributed by atoms with van der Waals surface area (Å²) in [7, 11) is 0. The molecule has 1 aromatic carbocycles. The minimum Gasteiger partial charge on any atom is -0.369 e. The van der Waals surface area contributed by atoms with Gasteiger partial charge < -0.3 is 10.2 Å². The Morgan fingerprint density at radius 3 is 2.50 bits per heavy atom. The summed E-state index contributed by atoms with van der Waals surface area (Å²) in [6.07, 6.45) is 3.62. The molecule has 0 aliphatic carbocycles. The zero-order chi connectivity index (χ0) is 14.1. The number of urea groups is 1. The first-order valence-electron chi connectivity index (χ1n) is 6.52. The Hall–Kier alpha value is -2.37. The molecule has 0 unspecified atom stereocenters. The molecule has 1 aromatic rings. The lowest BCUT2D eigenvalue weighted by Crippen LogP contribution is -2.22. The summed E-state index contributed by atoms with van der Waals surface area (Å²) in [5.41, 5.74) is 1.26. The molecule has 0 radical (unpaired) electrons. The number of hydrogen-bond donors (Lipinski definition) is 2. The maximum absolute atomic E-state index is 14.1. The van der Waals surface area contributed by atoms with Gasteiger partial charge in [-0.3, -0.25) is 10.1 Å². The number of rotatable bonds is 2. The number of carbonyl (C=O) groups is 2. The number of carbonyl (C=O) groups excluding carboxylic acids is 2. The standard InChI is InChI=1S/C14H14FN3O2/c15-10-7-9(8-11-13(19)17-14(20)16-11)3-4-12(10)18-5-1-2-6-18/h3-4,7-8H,1-2,5-6H2,(H2,16,17,19,20). The van der Waals surface area contributed by atoms with Gasteiger partial charge in [-0.1, -0.05) is 6.07 Å². The predicted molar refractivity (Wildman–Crippen MR) is 72.5 cm³/mol. The number of nitrogens with one attached hydrogen (secondary N) is 2. The maximum atomic E-state index is 14.1. The molecule has 2 saturated heterocycles. The summed E-state index contributed by atoms with van der Waals surface area (Å²) in [6.45, 7) is 1.74. The average Bonchev–Trinajstić information content (AvgIpc) is 3.00. The van der Waals surface area contributed by atoms with Crippen molar-refractivity contribution in [3.8, 4) is 0 Å². The number of amides is 3. The number of anilines is 1. The fourth-order valence-electron chi connectivity index (χ4n) is 2.48.